The fourth-order valence-electron chi connectivity index (χ4n) is 3.40. The van der Waals surface area contributed by atoms with Gasteiger partial charge in [-0.3, -0.25) is 14.4 Å². The number of carboxylic acid groups (broad SMARTS) is 1. The van der Waals surface area contributed by atoms with E-state index >= 15 is 0 Å². The number of carbonyl (C=O) groups is 3. The van der Waals surface area contributed by atoms with Crippen LogP contribution in [0.1, 0.15) is 35.4 Å². The lowest BCUT2D eigenvalue weighted by atomic mass is 9.97. The van der Waals surface area contributed by atoms with Gasteiger partial charge in [-0.1, -0.05) is 6.07 Å². The summed E-state index contributed by atoms with van der Waals surface area (Å²) in [5.74, 6) is -1.53. The zero-order valence-corrected chi connectivity index (χ0v) is 13.6. The van der Waals surface area contributed by atoms with Crippen molar-refractivity contribution in [1.82, 2.24) is 9.80 Å². The third-order valence-electron chi connectivity index (χ3n) is 4.61. The molecule has 6 nitrogen and oxygen atoms in total. The van der Waals surface area contributed by atoms with Crippen LogP contribution in [0.15, 0.2) is 17.5 Å². The van der Waals surface area contributed by atoms with Crippen molar-refractivity contribution < 1.29 is 19.5 Å². The standard InChI is InChI=1S/C16H20N2O4S/c19-14(17-7-1-4-11(10-17)16(21)22)12-5-2-8-18(12)15(20)13-6-3-9-23-13/h3,6,9,11-12H,1-2,4-5,7-8,10H2,(H,21,22)/t11?,12-/m0/s1. The van der Waals surface area contributed by atoms with Crippen molar-refractivity contribution in [3.05, 3.63) is 22.4 Å². The van der Waals surface area contributed by atoms with Gasteiger partial charge in [0.25, 0.3) is 5.91 Å². The Morgan fingerprint density at radius 1 is 1.17 bits per heavy atom. The summed E-state index contributed by atoms with van der Waals surface area (Å²) in [6, 6.07) is 3.15. The summed E-state index contributed by atoms with van der Waals surface area (Å²) < 4.78 is 0. The lowest BCUT2D eigenvalue weighted by Crippen LogP contribution is -2.51. The molecule has 3 heterocycles. The van der Waals surface area contributed by atoms with E-state index in [1.807, 2.05) is 11.4 Å². The van der Waals surface area contributed by atoms with E-state index in [1.165, 1.54) is 11.3 Å². The minimum absolute atomic E-state index is 0.0948. The topological polar surface area (TPSA) is 77.9 Å². The number of hydrogen-bond donors (Lipinski definition) is 1. The third-order valence-corrected chi connectivity index (χ3v) is 5.47. The highest BCUT2D eigenvalue weighted by atomic mass is 32.1. The van der Waals surface area contributed by atoms with Gasteiger partial charge in [0.15, 0.2) is 0 Å². The minimum Gasteiger partial charge on any atom is -0.481 e. The summed E-state index contributed by atoms with van der Waals surface area (Å²) in [4.78, 5) is 40.4. The molecular formula is C16H20N2O4S. The Balaban J connectivity index is 1.70. The van der Waals surface area contributed by atoms with Crippen LogP contribution in [-0.4, -0.2) is 58.4 Å². The largest absolute Gasteiger partial charge is 0.481 e. The van der Waals surface area contributed by atoms with E-state index in [0.717, 1.165) is 6.42 Å². The fraction of sp³-hybridized carbons (Fsp3) is 0.562. The summed E-state index contributed by atoms with van der Waals surface area (Å²) in [6.45, 7) is 1.43. The molecule has 0 saturated carbocycles. The van der Waals surface area contributed by atoms with Gasteiger partial charge in [-0.15, -0.1) is 11.3 Å². The van der Waals surface area contributed by atoms with Gasteiger partial charge in [-0.05, 0) is 37.1 Å². The molecule has 124 valence electrons. The SMILES string of the molecule is O=C(O)C1CCCN(C(=O)[C@@H]2CCCN2C(=O)c2cccs2)C1. The van der Waals surface area contributed by atoms with Gasteiger partial charge in [0.1, 0.15) is 6.04 Å². The molecule has 3 rings (SSSR count). The molecule has 2 amide bonds. The van der Waals surface area contributed by atoms with Gasteiger partial charge >= 0.3 is 5.97 Å². The van der Waals surface area contributed by atoms with Crippen molar-refractivity contribution in [1.29, 1.82) is 0 Å². The van der Waals surface area contributed by atoms with E-state index in [4.69, 9.17) is 5.11 Å². The number of aliphatic carboxylic acids is 1. The van der Waals surface area contributed by atoms with Gasteiger partial charge in [0.05, 0.1) is 10.8 Å². The Morgan fingerprint density at radius 2 is 1.96 bits per heavy atom. The van der Waals surface area contributed by atoms with E-state index in [-0.39, 0.29) is 18.4 Å². The van der Waals surface area contributed by atoms with Crippen LogP contribution in [0.4, 0.5) is 0 Å². The first kappa shape index (κ1) is 16.0. The quantitative estimate of drug-likeness (QED) is 0.911. The molecule has 2 saturated heterocycles. The highest BCUT2D eigenvalue weighted by Crippen LogP contribution is 2.26. The summed E-state index contributed by atoms with van der Waals surface area (Å²) in [7, 11) is 0. The molecule has 2 fully saturated rings. The molecule has 2 aliphatic rings. The second-order valence-electron chi connectivity index (χ2n) is 6.10. The molecular weight excluding hydrogens is 316 g/mol. The van der Waals surface area contributed by atoms with E-state index in [2.05, 4.69) is 0 Å². The maximum absolute atomic E-state index is 12.8. The maximum Gasteiger partial charge on any atom is 0.308 e. The Bertz CT molecular complexity index is 601. The number of carboxylic acids is 1. The molecule has 2 atom stereocenters. The first-order chi connectivity index (χ1) is 11.1. The van der Waals surface area contributed by atoms with Gasteiger partial charge in [-0.25, -0.2) is 0 Å². The molecule has 7 heteroatoms. The molecule has 0 radical (unpaired) electrons. The molecule has 0 aliphatic carbocycles. The second-order valence-corrected chi connectivity index (χ2v) is 7.04. The first-order valence-electron chi connectivity index (χ1n) is 7.94. The van der Waals surface area contributed by atoms with Crippen molar-refractivity contribution in [2.45, 2.75) is 31.7 Å². The summed E-state index contributed by atoms with van der Waals surface area (Å²) in [6.07, 6.45) is 2.78. The summed E-state index contributed by atoms with van der Waals surface area (Å²) in [5, 5.41) is 11.0. The number of hydrogen-bond acceptors (Lipinski definition) is 4. The fourth-order valence-corrected chi connectivity index (χ4v) is 4.08. The van der Waals surface area contributed by atoms with Crippen LogP contribution in [-0.2, 0) is 9.59 Å². The Morgan fingerprint density at radius 3 is 2.65 bits per heavy atom. The minimum atomic E-state index is -0.847. The number of thiophene rings is 1. The van der Waals surface area contributed by atoms with Gasteiger partial charge in [-0.2, -0.15) is 0 Å². The maximum atomic E-state index is 12.8. The number of likely N-dealkylation sites (tertiary alicyclic amines) is 2. The number of nitrogens with zero attached hydrogens (tertiary/aromatic N) is 2. The van der Waals surface area contributed by atoms with Crippen molar-refractivity contribution in [3.63, 3.8) is 0 Å². The number of piperidine rings is 1. The Labute approximate surface area is 138 Å². The average molecular weight is 336 g/mol. The summed E-state index contributed by atoms with van der Waals surface area (Å²) >= 11 is 1.38. The number of amides is 2. The van der Waals surface area contributed by atoms with Crippen molar-refractivity contribution >= 4 is 29.1 Å². The van der Waals surface area contributed by atoms with Crippen LogP contribution in [0.25, 0.3) is 0 Å². The Hall–Kier alpha value is -1.89. The molecule has 0 bridgehead atoms. The third kappa shape index (κ3) is 3.24. The average Bonchev–Trinajstić information content (AvgIpc) is 3.25. The molecule has 0 aromatic carbocycles. The van der Waals surface area contributed by atoms with Crippen LogP contribution in [0.5, 0.6) is 0 Å². The molecule has 1 N–H and O–H groups in total. The van der Waals surface area contributed by atoms with Gasteiger partial charge in [0.2, 0.25) is 5.91 Å². The van der Waals surface area contributed by atoms with Crippen LogP contribution < -0.4 is 0 Å². The zero-order valence-electron chi connectivity index (χ0n) is 12.8. The van der Waals surface area contributed by atoms with Gasteiger partial charge in [0, 0.05) is 19.6 Å². The number of rotatable bonds is 3. The van der Waals surface area contributed by atoms with Crippen LogP contribution in [0.2, 0.25) is 0 Å². The lowest BCUT2D eigenvalue weighted by Gasteiger charge is -2.34. The van der Waals surface area contributed by atoms with Gasteiger partial charge < -0.3 is 14.9 Å². The van der Waals surface area contributed by atoms with E-state index in [9.17, 15) is 14.4 Å². The van der Waals surface area contributed by atoms with Crippen molar-refractivity contribution in [3.8, 4) is 0 Å². The van der Waals surface area contributed by atoms with E-state index in [0.29, 0.717) is 37.2 Å². The normalized spacial score (nSPS) is 24.7. The molecule has 1 aromatic rings. The van der Waals surface area contributed by atoms with Crippen LogP contribution in [0.3, 0.4) is 0 Å². The van der Waals surface area contributed by atoms with Crippen LogP contribution in [0, 0.1) is 5.92 Å². The monoisotopic (exact) mass is 336 g/mol. The highest BCUT2D eigenvalue weighted by Gasteiger charge is 2.39. The zero-order chi connectivity index (χ0) is 16.4. The molecule has 0 spiro atoms. The predicted octanol–water partition coefficient (Wildman–Crippen LogP) is 1.68. The van der Waals surface area contributed by atoms with E-state index < -0.39 is 17.9 Å². The number of carbonyl (C=O) groups excluding carboxylic acids is 2. The Kier molecular flexibility index (Phi) is 4.66. The van der Waals surface area contributed by atoms with Crippen LogP contribution >= 0.6 is 11.3 Å². The highest BCUT2D eigenvalue weighted by molar-refractivity contribution is 7.12. The predicted molar refractivity (Wildman–Crippen MR) is 85.3 cm³/mol. The van der Waals surface area contributed by atoms with Crippen molar-refractivity contribution in [2.24, 2.45) is 5.92 Å². The smallest absolute Gasteiger partial charge is 0.308 e. The molecule has 23 heavy (non-hydrogen) atoms. The molecule has 2 aliphatic heterocycles. The molecule has 1 unspecified atom stereocenters. The molecule has 1 aromatic heterocycles. The van der Waals surface area contributed by atoms with Crippen molar-refractivity contribution in [2.75, 3.05) is 19.6 Å². The lowest BCUT2D eigenvalue weighted by molar-refractivity contribution is -0.146. The first-order valence-corrected chi connectivity index (χ1v) is 8.82. The summed E-state index contributed by atoms with van der Waals surface area (Å²) in [5.41, 5.74) is 0. The van der Waals surface area contributed by atoms with E-state index in [1.54, 1.807) is 15.9 Å². The second kappa shape index (κ2) is 6.70.